The summed E-state index contributed by atoms with van der Waals surface area (Å²) < 4.78 is 11.6. The third-order valence-corrected chi connectivity index (χ3v) is 5.86. The molecule has 0 saturated carbocycles. The molecule has 0 aromatic carbocycles. The molecule has 2 aliphatic heterocycles. The van der Waals surface area contributed by atoms with Crippen molar-refractivity contribution in [2.75, 3.05) is 37.9 Å². The van der Waals surface area contributed by atoms with E-state index in [1.54, 1.807) is 0 Å². The molecule has 0 amide bonds. The third kappa shape index (κ3) is 4.62. The second-order valence-corrected chi connectivity index (χ2v) is 7.20. The van der Waals surface area contributed by atoms with E-state index < -0.39 is 0 Å². The van der Waals surface area contributed by atoms with Gasteiger partial charge in [-0.15, -0.1) is 0 Å². The van der Waals surface area contributed by atoms with Gasteiger partial charge in [-0.25, -0.2) is 0 Å². The van der Waals surface area contributed by atoms with Crippen LogP contribution in [0, 0.1) is 5.92 Å². The number of ether oxygens (including phenoxy) is 2. The van der Waals surface area contributed by atoms with Crippen LogP contribution in [0.25, 0.3) is 0 Å². The van der Waals surface area contributed by atoms with E-state index >= 15 is 0 Å². The van der Waals surface area contributed by atoms with Crippen LogP contribution in [0.3, 0.4) is 0 Å². The van der Waals surface area contributed by atoms with Crippen LogP contribution in [0.15, 0.2) is 0 Å². The first kappa shape index (κ1) is 16.6. The Morgan fingerprint density at radius 3 is 3.05 bits per heavy atom. The molecule has 3 atom stereocenters. The van der Waals surface area contributed by atoms with Crippen molar-refractivity contribution in [3.63, 3.8) is 0 Å². The molecule has 20 heavy (non-hydrogen) atoms. The highest BCUT2D eigenvalue weighted by Gasteiger charge is 2.42. The molecule has 2 aliphatic rings. The Balaban J connectivity index is 1.83. The summed E-state index contributed by atoms with van der Waals surface area (Å²) >= 11 is 2.07. The fourth-order valence-electron chi connectivity index (χ4n) is 3.59. The van der Waals surface area contributed by atoms with Crippen molar-refractivity contribution < 1.29 is 9.47 Å². The summed E-state index contributed by atoms with van der Waals surface area (Å²) in [5.41, 5.74) is 0.209. The summed E-state index contributed by atoms with van der Waals surface area (Å²) in [6.07, 6.45) is 6.14. The van der Waals surface area contributed by atoms with Crippen LogP contribution in [-0.2, 0) is 9.47 Å². The van der Waals surface area contributed by atoms with Gasteiger partial charge in [0.2, 0.25) is 0 Å². The average molecular weight is 301 g/mol. The van der Waals surface area contributed by atoms with Crippen LogP contribution in [-0.4, -0.2) is 49.5 Å². The average Bonchev–Trinajstić information content (AvgIpc) is 2.90. The van der Waals surface area contributed by atoms with Crippen LogP contribution in [0.2, 0.25) is 0 Å². The van der Waals surface area contributed by atoms with Gasteiger partial charge < -0.3 is 14.8 Å². The second kappa shape index (κ2) is 8.62. The predicted octanol–water partition coefficient (Wildman–Crippen LogP) is 3.08. The smallest absolute Gasteiger partial charge is 0.0783 e. The summed E-state index contributed by atoms with van der Waals surface area (Å²) in [5, 5.41) is 3.72. The van der Waals surface area contributed by atoms with Gasteiger partial charge in [-0.2, -0.15) is 11.8 Å². The molecule has 0 bridgehead atoms. The van der Waals surface area contributed by atoms with Crippen molar-refractivity contribution >= 4 is 11.8 Å². The zero-order valence-electron chi connectivity index (χ0n) is 13.2. The molecule has 2 rings (SSSR count). The highest BCUT2D eigenvalue weighted by molar-refractivity contribution is 7.99. The highest BCUT2D eigenvalue weighted by Crippen LogP contribution is 2.41. The number of nitrogens with one attached hydrogen (secondary N) is 1. The molecule has 1 N–H and O–H groups in total. The SMILES string of the molecule is CCNC(CCCOCC)C1CCOC2(CCSC2)C1. The van der Waals surface area contributed by atoms with E-state index in [4.69, 9.17) is 9.47 Å². The standard InChI is InChI=1S/C16H31NO2S/c1-3-17-15(6-5-9-18-4-2)14-7-10-19-16(12-14)8-11-20-13-16/h14-15,17H,3-13H2,1-2H3. The second-order valence-electron chi connectivity index (χ2n) is 6.09. The van der Waals surface area contributed by atoms with Crippen LogP contribution in [0.1, 0.15) is 46.0 Å². The zero-order valence-corrected chi connectivity index (χ0v) is 14.0. The molecule has 1 spiro atoms. The Morgan fingerprint density at radius 1 is 1.45 bits per heavy atom. The lowest BCUT2D eigenvalue weighted by molar-refractivity contribution is -0.0857. The summed E-state index contributed by atoms with van der Waals surface area (Å²) in [5.74, 6) is 3.27. The van der Waals surface area contributed by atoms with Crippen LogP contribution < -0.4 is 5.32 Å². The van der Waals surface area contributed by atoms with Crippen molar-refractivity contribution in [3.8, 4) is 0 Å². The highest BCUT2D eigenvalue weighted by atomic mass is 32.2. The lowest BCUT2D eigenvalue weighted by Crippen LogP contribution is -2.47. The molecular weight excluding hydrogens is 270 g/mol. The van der Waals surface area contributed by atoms with Gasteiger partial charge in [0.05, 0.1) is 5.60 Å². The topological polar surface area (TPSA) is 30.5 Å². The van der Waals surface area contributed by atoms with Crippen LogP contribution in [0.4, 0.5) is 0 Å². The van der Waals surface area contributed by atoms with E-state index in [-0.39, 0.29) is 5.60 Å². The molecule has 0 aromatic rings. The van der Waals surface area contributed by atoms with Gasteiger partial charge in [0, 0.05) is 31.6 Å². The Morgan fingerprint density at radius 2 is 2.35 bits per heavy atom. The van der Waals surface area contributed by atoms with E-state index in [9.17, 15) is 0 Å². The Bertz CT molecular complexity index is 269. The molecule has 0 aliphatic carbocycles. The molecule has 2 heterocycles. The summed E-state index contributed by atoms with van der Waals surface area (Å²) in [6.45, 7) is 8.06. The van der Waals surface area contributed by atoms with Crippen molar-refractivity contribution in [1.82, 2.24) is 5.32 Å². The minimum Gasteiger partial charge on any atom is -0.382 e. The number of thioether (sulfide) groups is 1. The van der Waals surface area contributed by atoms with E-state index in [0.717, 1.165) is 32.3 Å². The van der Waals surface area contributed by atoms with Crippen molar-refractivity contribution in [2.24, 2.45) is 5.92 Å². The maximum absolute atomic E-state index is 6.15. The van der Waals surface area contributed by atoms with Gasteiger partial charge in [-0.1, -0.05) is 6.92 Å². The molecule has 3 nitrogen and oxygen atoms in total. The van der Waals surface area contributed by atoms with Crippen LogP contribution in [0.5, 0.6) is 0 Å². The Labute approximate surface area is 128 Å². The van der Waals surface area contributed by atoms with Gasteiger partial charge >= 0.3 is 0 Å². The van der Waals surface area contributed by atoms with Gasteiger partial charge in [0.1, 0.15) is 0 Å². The summed E-state index contributed by atoms with van der Waals surface area (Å²) in [7, 11) is 0. The lowest BCUT2D eigenvalue weighted by Gasteiger charge is -2.41. The molecule has 2 fully saturated rings. The molecule has 0 radical (unpaired) electrons. The minimum atomic E-state index is 0.209. The quantitative estimate of drug-likeness (QED) is 0.698. The van der Waals surface area contributed by atoms with E-state index in [2.05, 4.69) is 30.9 Å². The fraction of sp³-hybridized carbons (Fsp3) is 1.00. The predicted molar refractivity (Wildman–Crippen MR) is 86.5 cm³/mol. The third-order valence-electron chi connectivity index (χ3n) is 4.64. The van der Waals surface area contributed by atoms with E-state index in [0.29, 0.717) is 6.04 Å². The first-order valence-electron chi connectivity index (χ1n) is 8.32. The zero-order chi connectivity index (χ0) is 14.3. The van der Waals surface area contributed by atoms with Crippen molar-refractivity contribution in [3.05, 3.63) is 0 Å². The van der Waals surface area contributed by atoms with Gasteiger partial charge in [0.15, 0.2) is 0 Å². The maximum atomic E-state index is 6.15. The normalized spacial score (nSPS) is 31.8. The van der Waals surface area contributed by atoms with Crippen molar-refractivity contribution in [1.29, 1.82) is 0 Å². The van der Waals surface area contributed by atoms with Gasteiger partial charge in [-0.3, -0.25) is 0 Å². The molecule has 0 aromatic heterocycles. The van der Waals surface area contributed by atoms with Crippen molar-refractivity contribution in [2.45, 2.75) is 57.6 Å². The molecule has 4 heteroatoms. The minimum absolute atomic E-state index is 0.209. The van der Waals surface area contributed by atoms with Gasteiger partial charge in [0.25, 0.3) is 0 Å². The Kier molecular flexibility index (Phi) is 7.15. The van der Waals surface area contributed by atoms with E-state index in [1.807, 2.05) is 0 Å². The number of rotatable bonds is 8. The van der Waals surface area contributed by atoms with E-state index in [1.165, 1.54) is 43.6 Å². The fourth-order valence-corrected chi connectivity index (χ4v) is 4.97. The monoisotopic (exact) mass is 301 g/mol. The molecule has 3 unspecified atom stereocenters. The van der Waals surface area contributed by atoms with Crippen LogP contribution >= 0.6 is 11.8 Å². The number of hydrogen-bond donors (Lipinski definition) is 1. The first-order valence-corrected chi connectivity index (χ1v) is 9.48. The summed E-state index contributed by atoms with van der Waals surface area (Å²) in [4.78, 5) is 0. The van der Waals surface area contributed by atoms with Gasteiger partial charge in [-0.05, 0) is 57.2 Å². The molecule has 2 saturated heterocycles. The first-order chi connectivity index (χ1) is 9.79. The maximum Gasteiger partial charge on any atom is 0.0783 e. The largest absolute Gasteiger partial charge is 0.382 e. The number of hydrogen-bond acceptors (Lipinski definition) is 4. The Hall–Kier alpha value is 0.230. The lowest BCUT2D eigenvalue weighted by atomic mass is 9.80. The summed E-state index contributed by atoms with van der Waals surface area (Å²) in [6, 6.07) is 0.645. The molecule has 118 valence electrons. The molecular formula is C16H31NO2S.